The lowest BCUT2D eigenvalue weighted by atomic mass is 10.4. The van der Waals surface area contributed by atoms with E-state index in [1.54, 1.807) is 29.5 Å². The molecule has 2 rings (SSSR count). The lowest BCUT2D eigenvalue weighted by molar-refractivity contribution is 0.628. The molecule has 2 heteroatoms. The van der Waals surface area contributed by atoms with Crippen LogP contribution in [0.5, 0.6) is 0 Å². The Morgan fingerprint density at radius 1 is 1.00 bits per heavy atom. The maximum absolute atomic E-state index is 11.9. The van der Waals surface area contributed by atoms with Crippen molar-refractivity contribution in [1.29, 1.82) is 0 Å². The van der Waals surface area contributed by atoms with Crippen molar-refractivity contribution >= 4 is 11.3 Å². The Kier molecular flexibility index (Phi) is 4.19. The van der Waals surface area contributed by atoms with Gasteiger partial charge in [0.15, 0.2) is 0 Å². The first-order chi connectivity index (χ1) is 6.29. The van der Waals surface area contributed by atoms with E-state index in [1.807, 2.05) is 0 Å². The van der Waals surface area contributed by atoms with Crippen LogP contribution in [0.25, 0.3) is 0 Å². The molecule has 0 aliphatic heterocycles. The summed E-state index contributed by atoms with van der Waals surface area (Å²) in [5, 5.41) is 2.08. The monoisotopic (exact) mass is 194 g/mol. The van der Waals surface area contributed by atoms with Crippen LogP contribution in [-0.4, -0.2) is 0 Å². The standard InChI is InChI=1S/C6H5F.C5H6S/c7-6-4-2-1-3-5-6;1-5-3-2-4-6-5/h1-5H;2-4H,1H3. The minimum atomic E-state index is -0.178. The van der Waals surface area contributed by atoms with Gasteiger partial charge in [0.1, 0.15) is 5.82 Å². The van der Waals surface area contributed by atoms with E-state index in [0.717, 1.165) is 0 Å². The van der Waals surface area contributed by atoms with Crippen LogP contribution in [0.4, 0.5) is 4.39 Å². The van der Waals surface area contributed by atoms with Gasteiger partial charge in [0, 0.05) is 4.88 Å². The highest BCUT2D eigenvalue weighted by Gasteiger charge is 1.77. The zero-order valence-electron chi connectivity index (χ0n) is 7.41. The molecule has 0 bridgehead atoms. The Morgan fingerprint density at radius 2 is 1.69 bits per heavy atom. The van der Waals surface area contributed by atoms with Gasteiger partial charge in [-0.15, -0.1) is 11.3 Å². The number of aryl methyl sites for hydroxylation is 1. The summed E-state index contributed by atoms with van der Waals surface area (Å²) in [5.41, 5.74) is 0. The molecule has 0 aliphatic rings. The molecule has 1 aromatic heterocycles. The van der Waals surface area contributed by atoms with Crippen LogP contribution in [0.15, 0.2) is 47.8 Å². The molecule has 0 saturated carbocycles. The second-order valence-corrected chi connectivity index (χ2v) is 3.67. The van der Waals surface area contributed by atoms with Gasteiger partial charge in [0.2, 0.25) is 0 Å². The fourth-order valence-electron chi connectivity index (χ4n) is 0.775. The lowest BCUT2D eigenvalue weighted by Gasteiger charge is -1.78. The van der Waals surface area contributed by atoms with Crippen LogP contribution in [-0.2, 0) is 0 Å². The van der Waals surface area contributed by atoms with Crippen LogP contribution >= 0.6 is 11.3 Å². The van der Waals surface area contributed by atoms with Gasteiger partial charge in [-0.3, -0.25) is 0 Å². The van der Waals surface area contributed by atoms with Crippen molar-refractivity contribution in [1.82, 2.24) is 0 Å². The van der Waals surface area contributed by atoms with E-state index in [-0.39, 0.29) is 5.82 Å². The molecule has 0 unspecified atom stereocenters. The lowest BCUT2D eigenvalue weighted by Crippen LogP contribution is -1.63. The van der Waals surface area contributed by atoms with Crippen molar-refractivity contribution in [2.45, 2.75) is 6.92 Å². The summed E-state index contributed by atoms with van der Waals surface area (Å²) < 4.78 is 11.9. The SMILES string of the molecule is Cc1cccs1.Fc1ccccc1. The molecular formula is C11H11FS. The van der Waals surface area contributed by atoms with Gasteiger partial charge in [-0.2, -0.15) is 0 Å². The molecule has 0 spiro atoms. The fraction of sp³-hybridized carbons (Fsp3) is 0.0909. The first-order valence-corrected chi connectivity index (χ1v) is 4.87. The highest BCUT2D eigenvalue weighted by molar-refractivity contribution is 7.09. The third-order valence-corrected chi connectivity index (χ3v) is 2.20. The quantitative estimate of drug-likeness (QED) is 0.597. The summed E-state index contributed by atoms with van der Waals surface area (Å²) in [6, 6.07) is 12.1. The molecule has 0 N–H and O–H groups in total. The summed E-state index contributed by atoms with van der Waals surface area (Å²) in [5.74, 6) is -0.178. The molecule has 13 heavy (non-hydrogen) atoms. The molecule has 0 nitrogen and oxygen atoms in total. The fourth-order valence-corrected chi connectivity index (χ4v) is 1.30. The number of halogens is 1. The van der Waals surface area contributed by atoms with Gasteiger partial charge in [-0.25, -0.2) is 4.39 Å². The van der Waals surface area contributed by atoms with Gasteiger partial charge in [-0.05, 0) is 30.5 Å². The average Bonchev–Trinajstić information content (AvgIpc) is 2.58. The van der Waals surface area contributed by atoms with Crippen LogP contribution in [0, 0.1) is 12.7 Å². The second kappa shape index (κ2) is 5.49. The number of rotatable bonds is 0. The van der Waals surface area contributed by atoms with E-state index in [2.05, 4.69) is 24.4 Å². The van der Waals surface area contributed by atoms with E-state index in [1.165, 1.54) is 17.0 Å². The third kappa shape index (κ3) is 4.43. The summed E-state index contributed by atoms with van der Waals surface area (Å²) in [4.78, 5) is 1.38. The average molecular weight is 194 g/mol. The largest absolute Gasteiger partial charge is 0.207 e. The Balaban J connectivity index is 0.000000132. The van der Waals surface area contributed by atoms with Gasteiger partial charge >= 0.3 is 0 Å². The van der Waals surface area contributed by atoms with Crippen LogP contribution in [0.2, 0.25) is 0 Å². The van der Waals surface area contributed by atoms with Crippen LogP contribution < -0.4 is 0 Å². The third-order valence-electron chi connectivity index (χ3n) is 1.40. The summed E-state index contributed by atoms with van der Waals surface area (Å²) in [7, 11) is 0. The predicted octanol–water partition coefficient (Wildman–Crippen LogP) is 3.88. The highest BCUT2D eigenvalue weighted by atomic mass is 32.1. The van der Waals surface area contributed by atoms with Crippen molar-refractivity contribution < 1.29 is 4.39 Å². The minimum Gasteiger partial charge on any atom is -0.207 e. The number of thiophene rings is 1. The normalized spacial score (nSPS) is 8.77. The Hall–Kier alpha value is -1.15. The van der Waals surface area contributed by atoms with E-state index >= 15 is 0 Å². The van der Waals surface area contributed by atoms with Gasteiger partial charge in [-0.1, -0.05) is 24.3 Å². The Labute approximate surface area is 81.7 Å². The van der Waals surface area contributed by atoms with E-state index in [9.17, 15) is 4.39 Å². The van der Waals surface area contributed by atoms with Gasteiger partial charge in [0.25, 0.3) is 0 Å². The molecule has 0 radical (unpaired) electrons. The Morgan fingerprint density at radius 3 is 1.92 bits per heavy atom. The number of benzene rings is 1. The van der Waals surface area contributed by atoms with Crippen LogP contribution in [0.3, 0.4) is 0 Å². The summed E-state index contributed by atoms with van der Waals surface area (Å²) in [6.07, 6.45) is 0. The van der Waals surface area contributed by atoms with E-state index in [0.29, 0.717) is 0 Å². The molecule has 0 aliphatic carbocycles. The van der Waals surface area contributed by atoms with Crippen LogP contribution in [0.1, 0.15) is 4.88 Å². The van der Waals surface area contributed by atoms with Gasteiger partial charge < -0.3 is 0 Å². The molecule has 0 fully saturated rings. The van der Waals surface area contributed by atoms with Crippen molar-refractivity contribution in [2.75, 3.05) is 0 Å². The molecule has 68 valence electrons. The van der Waals surface area contributed by atoms with Gasteiger partial charge in [0.05, 0.1) is 0 Å². The van der Waals surface area contributed by atoms with Crippen molar-refractivity contribution in [3.63, 3.8) is 0 Å². The van der Waals surface area contributed by atoms with Crippen molar-refractivity contribution in [2.24, 2.45) is 0 Å². The maximum atomic E-state index is 11.9. The highest BCUT2D eigenvalue weighted by Crippen LogP contribution is 2.03. The maximum Gasteiger partial charge on any atom is 0.123 e. The minimum absolute atomic E-state index is 0.178. The zero-order valence-corrected chi connectivity index (χ0v) is 8.22. The molecule has 1 heterocycles. The molecular weight excluding hydrogens is 183 g/mol. The number of hydrogen-bond donors (Lipinski definition) is 0. The molecule has 1 aromatic carbocycles. The molecule has 0 atom stereocenters. The van der Waals surface area contributed by atoms with E-state index < -0.39 is 0 Å². The van der Waals surface area contributed by atoms with E-state index in [4.69, 9.17) is 0 Å². The molecule has 2 aromatic rings. The predicted molar refractivity (Wildman–Crippen MR) is 55.5 cm³/mol. The smallest absolute Gasteiger partial charge is 0.123 e. The topological polar surface area (TPSA) is 0 Å². The molecule has 0 amide bonds. The van der Waals surface area contributed by atoms with Crippen molar-refractivity contribution in [3.8, 4) is 0 Å². The van der Waals surface area contributed by atoms with Crippen molar-refractivity contribution in [3.05, 3.63) is 58.5 Å². The Bertz CT molecular complexity index is 313. The zero-order chi connectivity index (χ0) is 9.52. The first kappa shape index (κ1) is 9.93. The first-order valence-electron chi connectivity index (χ1n) is 3.99. The molecule has 0 saturated heterocycles. The summed E-state index contributed by atoms with van der Waals surface area (Å²) >= 11 is 1.78. The number of hydrogen-bond acceptors (Lipinski definition) is 1. The summed E-state index contributed by atoms with van der Waals surface area (Å²) in [6.45, 7) is 2.10. The second-order valence-electron chi connectivity index (χ2n) is 2.52.